The standard InChI is InChI=1S/C13H21ClO/c14-13(15)12-10-8-6-4-2-1-3-5-7-9-11-12/h10H,1-9,11H2/b12-10+/i13+1. The third-order valence-electron chi connectivity index (χ3n) is 3.04. The molecule has 0 unspecified atom stereocenters. The maximum absolute atomic E-state index is 11.1. The van der Waals surface area contributed by atoms with Crippen LogP contribution in [0.4, 0.5) is 0 Å². The van der Waals surface area contributed by atoms with Gasteiger partial charge >= 0.3 is 0 Å². The smallest absolute Gasteiger partial charge is 0.248 e. The van der Waals surface area contributed by atoms with Crippen LogP contribution < -0.4 is 0 Å². The van der Waals surface area contributed by atoms with Gasteiger partial charge in [-0.15, -0.1) is 0 Å². The molecule has 1 aliphatic carbocycles. The average Bonchev–Trinajstić information content (AvgIpc) is 2.18. The quantitative estimate of drug-likeness (QED) is 0.475. The first-order valence-electron chi connectivity index (χ1n) is 6.19. The summed E-state index contributed by atoms with van der Waals surface area (Å²) in [7, 11) is 0. The average molecular weight is 230 g/mol. The predicted octanol–water partition coefficient (Wildman–Crippen LogP) is 4.59. The Kier molecular flexibility index (Phi) is 6.74. The number of carbonyl (C=O) groups excluding carboxylic acids is 1. The highest BCUT2D eigenvalue weighted by molar-refractivity contribution is 6.67. The molecular weight excluding hydrogens is 209 g/mol. The molecule has 0 heterocycles. The number of hydrogen-bond donors (Lipinski definition) is 0. The highest BCUT2D eigenvalue weighted by atomic mass is 35.5. The van der Waals surface area contributed by atoms with E-state index < -0.39 is 0 Å². The van der Waals surface area contributed by atoms with Crippen molar-refractivity contribution in [3.8, 4) is 0 Å². The minimum atomic E-state index is -0.243. The molecule has 0 N–H and O–H groups in total. The Balaban J connectivity index is 2.42. The molecule has 0 amide bonds. The fourth-order valence-corrected chi connectivity index (χ4v) is 2.25. The zero-order valence-corrected chi connectivity index (χ0v) is 10.2. The third kappa shape index (κ3) is 5.99. The number of rotatable bonds is 1. The van der Waals surface area contributed by atoms with E-state index in [0.717, 1.165) is 24.8 Å². The molecule has 1 rings (SSSR count). The van der Waals surface area contributed by atoms with Crippen LogP contribution in [0.3, 0.4) is 0 Å². The fraction of sp³-hybridized carbons (Fsp3) is 0.769. The van der Waals surface area contributed by atoms with E-state index in [1.54, 1.807) is 0 Å². The van der Waals surface area contributed by atoms with Crippen molar-refractivity contribution in [2.75, 3.05) is 0 Å². The molecule has 0 aromatic rings. The predicted molar refractivity (Wildman–Crippen MR) is 65.1 cm³/mol. The van der Waals surface area contributed by atoms with E-state index in [-0.39, 0.29) is 5.24 Å². The van der Waals surface area contributed by atoms with Crippen molar-refractivity contribution in [2.45, 2.75) is 64.2 Å². The minimum Gasteiger partial charge on any atom is -0.276 e. The Bertz CT molecular complexity index is 221. The Morgan fingerprint density at radius 1 is 0.933 bits per heavy atom. The highest BCUT2D eigenvalue weighted by Crippen LogP contribution is 2.18. The highest BCUT2D eigenvalue weighted by Gasteiger charge is 2.05. The number of hydrogen-bond acceptors (Lipinski definition) is 1. The van der Waals surface area contributed by atoms with Gasteiger partial charge in [0.15, 0.2) is 0 Å². The van der Waals surface area contributed by atoms with Gasteiger partial charge in [0.05, 0.1) is 0 Å². The second kappa shape index (κ2) is 7.92. The lowest BCUT2D eigenvalue weighted by Crippen LogP contribution is -1.95. The van der Waals surface area contributed by atoms with Gasteiger partial charge in [-0.1, -0.05) is 44.6 Å². The summed E-state index contributed by atoms with van der Waals surface area (Å²) in [6.45, 7) is 0. The fourth-order valence-electron chi connectivity index (χ4n) is 2.08. The molecule has 0 saturated carbocycles. The van der Waals surface area contributed by atoms with Gasteiger partial charge in [0.1, 0.15) is 0 Å². The topological polar surface area (TPSA) is 17.1 Å². The lowest BCUT2D eigenvalue weighted by atomic mass is 10.0. The molecule has 0 aliphatic heterocycles. The first-order valence-corrected chi connectivity index (χ1v) is 6.57. The molecule has 1 aliphatic rings. The molecule has 0 aromatic heterocycles. The van der Waals surface area contributed by atoms with Gasteiger partial charge in [-0.25, -0.2) is 0 Å². The molecule has 1 nitrogen and oxygen atoms in total. The van der Waals surface area contributed by atoms with Crippen LogP contribution in [0.5, 0.6) is 0 Å². The van der Waals surface area contributed by atoms with Crippen LogP contribution in [0, 0.1) is 0 Å². The van der Waals surface area contributed by atoms with Crippen molar-refractivity contribution in [1.82, 2.24) is 0 Å². The van der Waals surface area contributed by atoms with E-state index in [0.29, 0.717) is 0 Å². The monoisotopic (exact) mass is 229 g/mol. The molecule has 2 heteroatoms. The second-order valence-corrected chi connectivity index (χ2v) is 4.71. The van der Waals surface area contributed by atoms with E-state index in [1.165, 1.54) is 44.9 Å². The summed E-state index contributed by atoms with van der Waals surface area (Å²) in [5, 5.41) is -0.243. The Morgan fingerprint density at radius 2 is 1.47 bits per heavy atom. The molecule has 0 fully saturated rings. The van der Waals surface area contributed by atoms with Gasteiger partial charge in [0.2, 0.25) is 5.24 Å². The van der Waals surface area contributed by atoms with E-state index in [9.17, 15) is 4.79 Å². The van der Waals surface area contributed by atoms with Gasteiger partial charge in [-0.05, 0) is 37.3 Å². The van der Waals surface area contributed by atoms with Gasteiger partial charge in [0.25, 0.3) is 0 Å². The summed E-state index contributed by atoms with van der Waals surface area (Å²) in [6.07, 6.45) is 14.2. The summed E-state index contributed by atoms with van der Waals surface area (Å²) in [4.78, 5) is 11.1. The Morgan fingerprint density at radius 3 is 2.07 bits per heavy atom. The summed E-state index contributed by atoms with van der Waals surface area (Å²) in [6, 6.07) is 0. The van der Waals surface area contributed by atoms with Crippen LogP contribution >= 0.6 is 11.6 Å². The first kappa shape index (κ1) is 12.8. The van der Waals surface area contributed by atoms with Crippen molar-refractivity contribution in [3.05, 3.63) is 11.6 Å². The zero-order chi connectivity index (χ0) is 10.9. The van der Waals surface area contributed by atoms with Crippen LogP contribution in [0.1, 0.15) is 64.2 Å². The Labute approximate surface area is 97.9 Å². The van der Waals surface area contributed by atoms with Crippen LogP contribution in [-0.2, 0) is 4.79 Å². The van der Waals surface area contributed by atoms with Gasteiger partial charge < -0.3 is 0 Å². The van der Waals surface area contributed by atoms with Gasteiger partial charge in [0, 0.05) is 5.57 Å². The minimum absolute atomic E-state index is 0.243. The molecule has 15 heavy (non-hydrogen) atoms. The summed E-state index contributed by atoms with van der Waals surface area (Å²) >= 11 is 5.54. The van der Waals surface area contributed by atoms with Crippen LogP contribution in [0.15, 0.2) is 11.6 Å². The van der Waals surface area contributed by atoms with E-state index in [1.807, 2.05) is 0 Å². The Hall–Kier alpha value is -0.300. The molecule has 0 atom stereocenters. The molecule has 0 bridgehead atoms. The zero-order valence-electron chi connectivity index (χ0n) is 9.43. The van der Waals surface area contributed by atoms with Gasteiger partial charge in [-0.2, -0.15) is 0 Å². The molecule has 0 radical (unpaired) electrons. The largest absolute Gasteiger partial charge is 0.276 e. The second-order valence-electron chi connectivity index (χ2n) is 4.37. The van der Waals surface area contributed by atoms with Crippen LogP contribution in [-0.4, -0.2) is 5.24 Å². The summed E-state index contributed by atoms with van der Waals surface area (Å²) < 4.78 is 0. The number of allylic oxidation sites excluding steroid dienone is 2. The molecule has 0 spiro atoms. The number of halogens is 1. The van der Waals surface area contributed by atoms with Crippen molar-refractivity contribution < 1.29 is 4.79 Å². The summed E-state index contributed by atoms with van der Waals surface area (Å²) in [5.74, 6) is 0. The van der Waals surface area contributed by atoms with E-state index >= 15 is 0 Å². The van der Waals surface area contributed by atoms with Crippen molar-refractivity contribution in [3.63, 3.8) is 0 Å². The number of carbonyl (C=O) groups is 1. The van der Waals surface area contributed by atoms with Crippen molar-refractivity contribution >= 4 is 16.8 Å². The third-order valence-corrected chi connectivity index (χ3v) is 3.29. The van der Waals surface area contributed by atoms with Gasteiger partial charge in [-0.3, -0.25) is 4.79 Å². The maximum atomic E-state index is 11.1. The van der Waals surface area contributed by atoms with Crippen LogP contribution in [0.25, 0.3) is 0 Å². The van der Waals surface area contributed by atoms with E-state index in [4.69, 9.17) is 11.6 Å². The maximum Gasteiger partial charge on any atom is 0.248 e. The normalized spacial score (nSPS) is 24.5. The van der Waals surface area contributed by atoms with Crippen molar-refractivity contribution in [1.29, 1.82) is 0 Å². The molecule has 86 valence electrons. The molecule has 0 saturated heterocycles. The lowest BCUT2D eigenvalue weighted by Gasteiger charge is -2.06. The first-order chi connectivity index (χ1) is 7.30. The SMILES string of the molecule is O=[13C](Cl)/C1=C/CCCCCCCCCC1. The molecular formula is C13H21ClO. The van der Waals surface area contributed by atoms with Crippen molar-refractivity contribution in [2.24, 2.45) is 0 Å². The molecule has 0 aromatic carbocycles. The van der Waals surface area contributed by atoms with E-state index in [2.05, 4.69) is 6.08 Å². The lowest BCUT2D eigenvalue weighted by molar-refractivity contribution is -0.108. The van der Waals surface area contributed by atoms with Crippen LogP contribution in [0.2, 0.25) is 0 Å². The summed E-state index contributed by atoms with van der Waals surface area (Å²) in [5.41, 5.74) is 0.845.